The van der Waals surface area contributed by atoms with Gasteiger partial charge in [0, 0.05) is 17.8 Å². The van der Waals surface area contributed by atoms with Crippen molar-refractivity contribution in [3.05, 3.63) is 0 Å². The summed E-state index contributed by atoms with van der Waals surface area (Å²) in [4.78, 5) is 27.0. The van der Waals surface area contributed by atoms with Crippen molar-refractivity contribution in [2.24, 2.45) is 0 Å². The zero-order chi connectivity index (χ0) is 13.6. The average Bonchev–Trinajstić information content (AvgIpc) is 2.92. The number of amides is 2. The number of aliphatic hydroxyl groups excluding tert-OH is 1. The fourth-order valence-electron chi connectivity index (χ4n) is 3.44. The van der Waals surface area contributed by atoms with E-state index in [1.807, 2.05) is 4.90 Å². The van der Waals surface area contributed by atoms with Crippen LogP contribution >= 0.6 is 11.8 Å². The third-order valence-electron chi connectivity index (χ3n) is 4.34. The molecule has 106 valence electrons. The van der Waals surface area contributed by atoms with E-state index >= 15 is 0 Å². The molecule has 0 aromatic heterocycles. The molecule has 2 bridgehead atoms. The molecular weight excluding hydrogens is 268 g/mol. The minimum atomic E-state index is -0.928. The lowest BCUT2D eigenvalue weighted by Crippen LogP contribution is -2.55. The van der Waals surface area contributed by atoms with Crippen molar-refractivity contribution in [2.45, 2.75) is 49.9 Å². The quantitative estimate of drug-likeness (QED) is 0.736. The molecule has 19 heavy (non-hydrogen) atoms. The first kappa shape index (κ1) is 13.1. The first-order valence-electron chi connectivity index (χ1n) is 6.65. The highest BCUT2D eigenvalue weighted by Crippen LogP contribution is 2.37. The zero-order valence-corrected chi connectivity index (χ0v) is 11.4. The van der Waals surface area contributed by atoms with Crippen LogP contribution in [0.2, 0.25) is 0 Å². The SMILES string of the molecule is O=C(O)[C@@H]1CSCN1C(=O)N1C2CCC1CC(O)C2. The van der Waals surface area contributed by atoms with E-state index < -0.39 is 12.0 Å². The molecule has 2 amide bonds. The van der Waals surface area contributed by atoms with Crippen LogP contribution in [0.5, 0.6) is 0 Å². The second-order valence-electron chi connectivity index (χ2n) is 5.52. The Balaban J connectivity index is 1.76. The molecule has 0 saturated carbocycles. The van der Waals surface area contributed by atoms with Crippen LogP contribution in [0.1, 0.15) is 25.7 Å². The van der Waals surface area contributed by atoms with Crippen molar-refractivity contribution in [3.8, 4) is 0 Å². The molecule has 0 aromatic carbocycles. The molecule has 2 N–H and O–H groups in total. The normalized spacial score (nSPS) is 37.7. The summed E-state index contributed by atoms with van der Waals surface area (Å²) in [6.07, 6.45) is 2.78. The number of nitrogens with zero attached hydrogens (tertiary/aromatic N) is 2. The van der Waals surface area contributed by atoms with Gasteiger partial charge in [0.1, 0.15) is 6.04 Å². The number of carboxylic acid groups (broad SMARTS) is 1. The molecule has 0 aromatic rings. The number of rotatable bonds is 1. The Morgan fingerprint density at radius 1 is 1.16 bits per heavy atom. The maximum absolute atomic E-state index is 12.6. The van der Waals surface area contributed by atoms with Crippen LogP contribution in [0.4, 0.5) is 4.79 Å². The number of carbonyl (C=O) groups is 2. The number of fused-ring (bicyclic) bond motifs is 2. The minimum Gasteiger partial charge on any atom is -0.480 e. The van der Waals surface area contributed by atoms with Crippen molar-refractivity contribution in [3.63, 3.8) is 0 Å². The van der Waals surface area contributed by atoms with Crippen LogP contribution in [-0.4, -0.2) is 67.9 Å². The molecule has 2 unspecified atom stereocenters. The van der Waals surface area contributed by atoms with Gasteiger partial charge in [-0.25, -0.2) is 9.59 Å². The van der Waals surface area contributed by atoms with E-state index in [2.05, 4.69) is 0 Å². The van der Waals surface area contributed by atoms with Gasteiger partial charge in [0.05, 0.1) is 12.0 Å². The first-order valence-corrected chi connectivity index (χ1v) is 7.81. The summed E-state index contributed by atoms with van der Waals surface area (Å²) in [5, 5.41) is 18.9. The van der Waals surface area contributed by atoms with E-state index in [0.717, 1.165) is 12.8 Å². The van der Waals surface area contributed by atoms with Crippen molar-refractivity contribution >= 4 is 23.8 Å². The summed E-state index contributed by atoms with van der Waals surface area (Å²) < 4.78 is 0. The number of hydrogen-bond donors (Lipinski definition) is 2. The standard InChI is InChI=1S/C12H18N2O4S/c15-9-3-7-1-2-8(4-9)14(7)12(18)13-6-19-5-10(13)11(16)17/h7-10,15H,1-6H2,(H,16,17)/t7?,8?,9?,10-/m0/s1. The topological polar surface area (TPSA) is 81.1 Å². The number of aliphatic carboxylic acids is 1. The van der Waals surface area contributed by atoms with Gasteiger partial charge in [-0.05, 0) is 25.7 Å². The van der Waals surface area contributed by atoms with Crippen molar-refractivity contribution < 1.29 is 19.8 Å². The highest BCUT2D eigenvalue weighted by molar-refractivity contribution is 7.99. The minimum absolute atomic E-state index is 0.0845. The predicted octanol–water partition coefficient (Wildman–Crippen LogP) is 0.554. The van der Waals surface area contributed by atoms with Crippen LogP contribution < -0.4 is 0 Å². The number of aliphatic hydroxyl groups is 1. The molecule has 3 fully saturated rings. The maximum Gasteiger partial charge on any atom is 0.327 e. The van der Waals surface area contributed by atoms with E-state index in [9.17, 15) is 14.7 Å². The lowest BCUT2D eigenvalue weighted by Gasteiger charge is -2.39. The van der Waals surface area contributed by atoms with Crippen molar-refractivity contribution in [2.75, 3.05) is 11.6 Å². The summed E-state index contributed by atoms with van der Waals surface area (Å²) in [7, 11) is 0. The number of hydrogen-bond acceptors (Lipinski definition) is 4. The van der Waals surface area contributed by atoms with Gasteiger partial charge >= 0.3 is 12.0 Å². The van der Waals surface area contributed by atoms with Crippen LogP contribution in [0.15, 0.2) is 0 Å². The molecule has 3 saturated heterocycles. The Bertz CT molecular complexity index is 391. The molecule has 0 aliphatic carbocycles. The highest BCUT2D eigenvalue weighted by Gasteiger charge is 2.46. The Morgan fingerprint density at radius 3 is 2.37 bits per heavy atom. The Hall–Kier alpha value is -0.950. The second-order valence-corrected chi connectivity index (χ2v) is 6.52. The van der Waals surface area contributed by atoms with Gasteiger partial charge in [0.25, 0.3) is 0 Å². The van der Waals surface area contributed by atoms with Gasteiger partial charge in [-0.15, -0.1) is 11.8 Å². The summed E-state index contributed by atoms with van der Waals surface area (Å²) in [6.45, 7) is 0. The van der Waals surface area contributed by atoms with Gasteiger partial charge < -0.3 is 20.0 Å². The van der Waals surface area contributed by atoms with Crippen LogP contribution in [-0.2, 0) is 4.79 Å². The van der Waals surface area contributed by atoms with Crippen molar-refractivity contribution in [1.29, 1.82) is 0 Å². The molecule has 6 nitrogen and oxygen atoms in total. The summed E-state index contributed by atoms with van der Waals surface area (Å²) in [6, 6.07) is -0.692. The van der Waals surface area contributed by atoms with Gasteiger partial charge in [0.2, 0.25) is 0 Å². The molecular formula is C12H18N2O4S. The first-order chi connectivity index (χ1) is 9.08. The van der Waals surface area contributed by atoms with Crippen molar-refractivity contribution in [1.82, 2.24) is 9.80 Å². The average molecular weight is 286 g/mol. The summed E-state index contributed by atoms with van der Waals surface area (Å²) >= 11 is 1.48. The van der Waals surface area contributed by atoms with Crippen LogP contribution in [0.3, 0.4) is 0 Å². The fraction of sp³-hybridized carbons (Fsp3) is 0.833. The summed E-state index contributed by atoms with van der Waals surface area (Å²) in [5.41, 5.74) is 0. The lowest BCUT2D eigenvalue weighted by atomic mass is 10.0. The Morgan fingerprint density at radius 2 is 1.79 bits per heavy atom. The lowest BCUT2D eigenvalue weighted by molar-refractivity contribution is -0.141. The maximum atomic E-state index is 12.6. The third kappa shape index (κ3) is 2.18. The number of thioether (sulfide) groups is 1. The van der Waals surface area contributed by atoms with Gasteiger partial charge in [-0.3, -0.25) is 0 Å². The molecule has 7 heteroatoms. The van der Waals surface area contributed by atoms with E-state index in [1.54, 1.807) is 0 Å². The van der Waals surface area contributed by atoms with E-state index in [-0.39, 0.29) is 24.2 Å². The van der Waals surface area contributed by atoms with Gasteiger partial charge in [-0.2, -0.15) is 0 Å². The number of urea groups is 1. The zero-order valence-electron chi connectivity index (χ0n) is 10.6. The predicted molar refractivity (Wildman–Crippen MR) is 69.9 cm³/mol. The number of carbonyl (C=O) groups excluding carboxylic acids is 1. The molecule has 0 radical (unpaired) electrons. The van der Waals surface area contributed by atoms with Crippen LogP contribution in [0, 0.1) is 0 Å². The smallest absolute Gasteiger partial charge is 0.327 e. The molecule has 3 rings (SSSR count). The van der Waals surface area contributed by atoms with Crippen LogP contribution in [0.25, 0.3) is 0 Å². The second kappa shape index (κ2) is 4.86. The highest BCUT2D eigenvalue weighted by atomic mass is 32.2. The Kier molecular flexibility index (Phi) is 3.34. The van der Waals surface area contributed by atoms with E-state index in [0.29, 0.717) is 24.5 Å². The number of piperidine rings is 1. The largest absolute Gasteiger partial charge is 0.480 e. The number of carboxylic acids is 1. The van der Waals surface area contributed by atoms with E-state index in [1.165, 1.54) is 16.7 Å². The molecule has 3 aliphatic rings. The molecule has 3 heterocycles. The van der Waals surface area contributed by atoms with E-state index in [4.69, 9.17) is 5.11 Å². The monoisotopic (exact) mass is 286 g/mol. The fourth-order valence-corrected chi connectivity index (χ4v) is 4.58. The van der Waals surface area contributed by atoms with Gasteiger partial charge in [-0.1, -0.05) is 0 Å². The molecule has 0 spiro atoms. The summed E-state index contributed by atoms with van der Waals surface area (Å²) in [5.74, 6) is -0.0102. The Labute approximate surface area is 115 Å². The molecule has 3 atom stereocenters. The van der Waals surface area contributed by atoms with Gasteiger partial charge in [0.15, 0.2) is 0 Å². The molecule has 3 aliphatic heterocycles. The third-order valence-corrected chi connectivity index (χ3v) is 5.35.